The molecule has 3 aliphatic heterocycles. The highest BCUT2D eigenvalue weighted by atomic mass is 35.5. The summed E-state index contributed by atoms with van der Waals surface area (Å²) in [5.41, 5.74) is 1.13. The summed E-state index contributed by atoms with van der Waals surface area (Å²) >= 11 is 1.71. The van der Waals surface area contributed by atoms with Gasteiger partial charge in [0.2, 0.25) is 12.7 Å². The van der Waals surface area contributed by atoms with Crippen molar-refractivity contribution in [2.75, 3.05) is 38.7 Å². The number of hydrogen-bond acceptors (Lipinski definition) is 5. The lowest BCUT2D eigenvalue weighted by Crippen LogP contribution is -2.39. The van der Waals surface area contributed by atoms with Crippen LogP contribution in [0.3, 0.4) is 0 Å². The average Bonchev–Trinajstić information content (AvgIpc) is 3.19. The Morgan fingerprint density at radius 3 is 2.71 bits per heavy atom. The number of amides is 1. The predicted octanol–water partition coefficient (Wildman–Crippen LogP) is 2.90. The van der Waals surface area contributed by atoms with Crippen LogP contribution in [0.2, 0.25) is 0 Å². The van der Waals surface area contributed by atoms with Gasteiger partial charge in [-0.1, -0.05) is 12.5 Å². The van der Waals surface area contributed by atoms with Crippen LogP contribution in [0.25, 0.3) is 0 Å². The van der Waals surface area contributed by atoms with Crippen LogP contribution in [-0.4, -0.2) is 54.4 Å². The number of nitrogens with zero attached hydrogens (tertiary/aromatic N) is 2. The Balaban J connectivity index is 0.00000169. The number of thioether (sulfide) groups is 1. The van der Waals surface area contributed by atoms with Gasteiger partial charge < -0.3 is 19.3 Å². The van der Waals surface area contributed by atoms with Gasteiger partial charge in [0.25, 0.3) is 0 Å². The first-order chi connectivity index (χ1) is 11.3. The molecule has 0 aliphatic carbocycles. The largest absolute Gasteiger partial charge is 0.454 e. The lowest BCUT2D eigenvalue weighted by molar-refractivity contribution is -0.128. The molecular formula is C17H23ClN2O3S. The van der Waals surface area contributed by atoms with Crippen molar-refractivity contribution in [3.63, 3.8) is 0 Å². The number of carbonyl (C=O) groups is 1. The lowest BCUT2D eigenvalue weighted by atomic mass is 10.1. The van der Waals surface area contributed by atoms with Crippen LogP contribution in [0.4, 0.5) is 0 Å². The third kappa shape index (κ3) is 3.60. The maximum atomic E-state index is 12.3. The smallest absolute Gasteiger partial charge is 0.233 e. The molecule has 1 amide bonds. The van der Waals surface area contributed by atoms with E-state index in [-0.39, 0.29) is 30.5 Å². The third-order valence-electron chi connectivity index (χ3n) is 4.76. The monoisotopic (exact) mass is 370 g/mol. The van der Waals surface area contributed by atoms with Crippen molar-refractivity contribution in [2.24, 2.45) is 0 Å². The van der Waals surface area contributed by atoms with E-state index in [1.165, 1.54) is 32.4 Å². The topological polar surface area (TPSA) is 42.0 Å². The highest BCUT2D eigenvalue weighted by Crippen LogP contribution is 2.42. The highest BCUT2D eigenvalue weighted by molar-refractivity contribution is 8.00. The molecule has 2 fully saturated rings. The molecule has 0 bridgehead atoms. The van der Waals surface area contributed by atoms with Gasteiger partial charge >= 0.3 is 0 Å². The van der Waals surface area contributed by atoms with Crippen LogP contribution in [0.5, 0.6) is 11.5 Å². The molecule has 0 saturated carbocycles. The van der Waals surface area contributed by atoms with Crippen molar-refractivity contribution in [3.05, 3.63) is 23.8 Å². The second kappa shape index (κ2) is 7.85. The van der Waals surface area contributed by atoms with E-state index in [1.54, 1.807) is 11.8 Å². The lowest BCUT2D eigenvalue weighted by Gasteiger charge is -2.30. The molecule has 5 nitrogen and oxygen atoms in total. The number of rotatable bonds is 4. The molecule has 1 unspecified atom stereocenters. The van der Waals surface area contributed by atoms with E-state index in [1.807, 2.05) is 17.0 Å². The number of fused-ring (bicyclic) bond motifs is 1. The minimum absolute atomic E-state index is 0. The Morgan fingerprint density at radius 1 is 1.08 bits per heavy atom. The van der Waals surface area contributed by atoms with Gasteiger partial charge in [0.05, 0.1) is 5.75 Å². The van der Waals surface area contributed by atoms with Gasteiger partial charge in [-0.25, -0.2) is 0 Å². The fraction of sp³-hybridized carbons (Fsp3) is 0.588. The van der Waals surface area contributed by atoms with Crippen molar-refractivity contribution < 1.29 is 14.3 Å². The standard InChI is InChI=1S/C17H22N2O3S.ClH/c20-16-11-23-17(13-4-5-14-15(10-13)22-12-21-14)19(16)9-8-18-6-2-1-3-7-18;/h4-5,10,17H,1-3,6-9,11-12H2;1H. The van der Waals surface area contributed by atoms with Crippen LogP contribution < -0.4 is 9.47 Å². The molecule has 0 N–H and O–H groups in total. The number of likely N-dealkylation sites (tertiary alicyclic amines) is 1. The molecule has 24 heavy (non-hydrogen) atoms. The Kier molecular flexibility index (Phi) is 5.79. The van der Waals surface area contributed by atoms with E-state index < -0.39 is 0 Å². The molecule has 3 aliphatic rings. The molecule has 132 valence electrons. The number of piperidine rings is 1. The van der Waals surface area contributed by atoms with Gasteiger partial charge in [0.15, 0.2) is 11.5 Å². The Morgan fingerprint density at radius 2 is 1.88 bits per heavy atom. The van der Waals surface area contributed by atoms with E-state index in [4.69, 9.17) is 9.47 Å². The van der Waals surface area contributed by atoms with Gasteiger partial charge in [-0.05, 0) is 43.6 Å². The van der Waals surface area contributed by atoms with Gasteiger partial charge in [-0.2, -0.15) is 0 Å². The van der Waals surface area contributed by atoms with E-state index in [0.29, 0.717) is 5.75 Å². The Bertz CT molecular complexity index is 595. The van der Waals surface area contributed by atoms with Gasteiger partial charge in [-0.3, -0.25) is 4.79 Å². The van der Waals surface area contributed by atoms with Crippen LogP contribution in [-0.2, 0) is 4.79 Å². The summed E-state index contributed by atoms with van der Waals surface area (Å²) in [7, 11) is 0. The fourth-order valence-electron chi connectivity index (χ4n) is 3.47. The first kappa shape index (κ1) is 17.7. The molecule has 2 saturated heterocycles. The van der Waals surface area contributed by atoms with Crippen LogP contribution in [0, 0.1) is 0 Å². The minimum atomic E-state index is 0. The quantitative estimate of drug-likeness (QED) is 0.815. The molecule has 0 radical (unpaired) electrons. The van der Waals surface area contributed by atoms with Gasteiger partial charge in [-0.15, -0.1) is 24.2 Å². The van der Waals surface area contributed by atoms with Crippen molar-refractivity contribution in [1.29, 1.82) is 0 Å². The number of carbonyl (C=O) groups excluding carboxylic acids is 1. The number of hydrogen-bond donors (Lipinski definition) is 0. The van der Waals surface area contributed by atoms with E-state index in [9.17, 15) is 4.79 Å². The summed E-state index contributed by atoms with van der Waals surface area (Å²) in [5.74, 6) is 2.40. The summed E-state index contributed by atoms with van der Waals surface area (Å²) in [6.07, 6.45) is 3.91. The first-order valence-electron chi connectivity index (χ1n) is 8.34. The molecule has 4 rings (SSSR count). The average molecular weight is 371 g/mol. The molecule has 1 atom stereocenters. The zero-order chi connectivity index (χ0) is 15.6. The van der Waals surface area contributed by atoms with Crippen LogP contribution in [0.15, 0.2) is 18.2 Å². The summed E-state index contributed by atoms with van der Waals surface area (Å²) in [6.45, 7) is 4.42. The van der Waals surface area contributed by atoms with Crippen LogP contribution in [0.1, 0.15) is 30.2 Å². The van der Waals surface area contributed by atoms with E-state index in [2.05, 4.69) is 11.0 Å². The van der Waals surface area contributed by atoms with Crippen molar-refractivity contribution >= 4 is 30.1 Å². The highest BCUT2D eigenvalue weighted by Gasteiger charge is 2.33. The maximum Gasteiger partial charge on any atom is 0.233 e. The van der Waals surface area contributed by atoms with E-state index in [0.717, 1.165) is 30.2 Å². The molecular weight excluding hydrogens is 348 g/mol. The van der Waals surface area contributed by atoms with E-state index >= 15 is 0 Å². The second-order valence-corrected chi connectivity index (χ2v) is 7.33. The zero-order valence-electron chi connectivity index (χ0n) is 13.6. The normalized spacial score (nSPS) is 23.4. The molecule has 1 aromatic rings. The van der Waals surface area contributed by atoms with Gasteiger partial charge in [0.1, 0.15) is 5.37 Å². The molecule has 0 spiro atoms. The number of halogens is 1. The number of ether oxygens (including phenoxy) is 2. The summed E-state index contributed by atoms with van der Waals surface area (Å²) in [6, 6.07) is 6.02. The summed E-state index contributed by atoms with van der Waals surface area (Å²) in [5, 5.41) is 0.0989. The Labute approximate surface area is 153 Å². The minimum Gasteiger partial charge on any atom is -0.454 e. The second-order valence-electron chi connectivity index (χ2n) is 6.27. The molecule has 1 aromatic carbocycles. The fourth-order valence-corrected chi connectivity index (χ4v) is 4.68. The van der Waals surface area contributed by atoms with Gasteiger partial charge in [0, 0.05) is 13.1 Å². The zero-order valence-corrected chi connectivity index (χ0v) is 15.2. The maximum absolute atomic E-state index is 12.3. The van der Waals surface area contributed by atoms with Crippen LogP contribution >= 0.6 is 24.2 Å². The third-order valence-corrected chi connectivity index (χ3v) is 6.01. The van der Waals surface area contributed by atoms with Crippen molar-refractivity contribution in [2.45, 2.75) is 24.6 Å². The predicted molar refractivity (Wildman–Crippen MR) is 97.0 cm³/mol. The Hall–Kier alpha value is -1.11. The molecule has 0 aromatic heterocycles. The molecule has 7 heteroatoms. The van der Waals surface area contributed by atoms with Crippen molar-refractivity contribution in [3.8, 4) is 11.5 Å². The SMILES string of the molecule is Cl.O=C1CSC(c2ccc3c(c2)OCO3)N1CCN1CCCCC1. The first-order valence-corrected chi connectivity index (χ1v) is 9.39. The number of benzene rings is 1. The summed E-state index contributed by atoms with van der Waals surface area (Å²) < 4.78 is 10.8. The summed E-state index contributed by atoms with van der Waals surface area (Å²) in [4.78, 5) is 16.8. The molecule has 3 heterocycles. The van der Waals surface area contributed by atoms with Crippen molar-refractivity contribution in [1.82, 2.24) is 9.80 Å².